The lowest BCUT2D eigenvalue weighted by atomic mass is 10.1. The van der Waals surface area contributed by atoms with Crippen molar-refractivity contribution in [3.05, 3.63) is 29.3 Å². The number of sulfone groups is 1. The second-order valence-electron chi connectivity index (χ2n) is 3.86. The number of hydrogen-bond donors (Lipinski definition) is 1. The molecule has 0 aliphatic heterocycles. The zero-order valence-corrected chi connectivity index (χ0v) is 10.5. The van der Waals surface area contributed by atoms with Gasteiger partial charge in [0.1, 0.15) is 0 Å². The smallest absolute Gasteiger partial charge is 0.458 e. The topological polar surface area (TPSA) is 71.4 Å². The fraction of sp³-hybridized carbons (Fsp3) is 0.300. The molecular weight excluding hydrogens is 311 g/mol. The van der Waals surface area contributed by atoms with E-state index in [0.29, 0.717) is 12.3 Å². The third-order valence-electron chi connectivity index (χ3n) is 2.33. The van der Waals surface area contributed by atoms with E-state index < -0.39 is 43.9 Å². The van der Waals surface area contributed by atoms with Crippen molar-refractivity contribution in [1.29, 1.82) is 0 Å². The van der Waals surface area contributed by atoms with Gasteiger partial charge in [-0.1, -0.05) is 6.07 Å². The summed E-state index contributed by atoms with van der Waals surface area (Å²) in [7, 11) is -4.29. The first-order chi connectivity index (χ1) is 8.78. The van der Waals surface area contributed by atoms with E-state index in [2.05, 4.69) is 0 Å². The van der Waals surface area contributed by atoms with Gasteiger partial charge in [-0.2, -0.15) is 22.0 Å². The van der Waals surface area contributed by atoms with E-state index in [1.807, 2.05) is 0 Å². The van der Waals surface area contributed by atoms with Crippen LogP contribution in [0.2, 0.25) is 0 Å². The maximum absolute atomic E-state index is 13.1. The van der Waals surface area contributed by atoms with Crippen molar-refractivity contribution in [3.8, 4) is 0 Å². The van der Waals surface area contributed by atoms with Crippen molar-refractivity contribution in [3.63, 3.8) is 0 Å². The predicted molar refractivity (Wildman–Crippen MR) is 56.5 cm³/mol. The first kappa shape index (κ1) is 16.3. The summed E-state index contributed by atoms with van der Waals surface area (Å²) in [6.07, 6.45) is -5.42. The van der Waals surface area contributed by atoms with Crippen LogP contribution >= 0.6 is 0 Å². The Hall–Kier alpha value is -1.71. The molecular formula is C10H7F5O4S. The summed E-state index contributed by atoms with van der Waals surface area (Å²) in [6.45, 7) is 0. The zero-order chi connectivity index (χ0) is 15.9. The second-order valence-corrected chi connectivity index (χ2v) is 5.84. The van der Waals surface area contributed by atoms with Crippen molar-refractivity contribution < 1.29 is 40.3 Å². The molecule has 0 saturated heterocycles. The van der Waals surface area contributed by atoms with Crippen molar-refractivity contribution in [2.24, 2.45) is 0 Å². The van der Waals surface area contributed by atoms with E-state index in [1.165, 1.54) is 0 Å². The molecule has 112 valence electrons. The predicted octanol–water partition coefficient (Wildman–Crippen LogP) is 2.44. The largest absolute Gasteiger partial charge is 0.478 e. The number of carbonyl (C=O) groups is 1. The highest BCUT2D eigenvalue weighted by Crippen LogP contribution is 2.44. The van der Waals surface area contributed by atoms with Gasteiger partial charge in [0.15, 0.2) is 9.84 Å². The quantitative estimate of drug-likeness (QED) is 0.869. The van der Waals surface area contributed by atoms with Gasteiger partial charge in [-0.3, -0.25) is 0 Å². The molecule has 10 heteroatoms. The molecule has 1 aromatic rings. The van der Waals surface area contributed by atoms with Gasteiger partial charge in [0.25, 0.3) is 0 Å². The molecule has 0 radical (unpaired) electrons. The number of hydrogen-bond acceptors (Lipinski definition) is 3. The summed E-state index contributed by atoms with van der Waals surface area (Å²) in [6, 6.07) is 0.644. The first-order valence-electron chi connectivity index (χ1n) is 4.81. The molecule has 1 aromatic carbocycles. The van der Waals surface area contributed by atoms with E-state index >= 15 is 0 Å². The maximum Gasteiger partial charge on any atom is 0.458 e. The normalized spacial score (nSPS) is 13.3. The number of alkyl halides is 5. The van der Waals surface area contributed by atoms with E-state index in [9.17, 15) is 35.2 Å². The number of carboxylic acid groups (broad SMARTS) is 1. The molecule has 1 rings (SSSR count). The van der Waals surface area contributed by atoms with Crippen LogP contribution in [0.3, 0.4) is 0 Å². The Balaban J connectivity index is 3.62. The van der Waals surface area contributed by atoms with Crippen molar-refractivity contribution in [2.45, 2.75) is 17.0 Å². The molecule has 20 heavy (non-hydrogen) atoms. The lowest BCUT2D eigenvalue weighted by Gasteiger charge is -2.20. The van der Waals surface area contributed by atoms with E-state index in [0.717, 1.165) is 0 Å². The van der Waals surface area contributed by atoms with Gasteiger partial charge >= 0.3 is 18.1 Å². The summed E-state index contributed by atoms with van der Waals surface area (Å²) in [4.78, 5) is 9.65. The zero-order valence-electron chi connectivity index (χ0n) is 9.70. The molecule has 0 spiro atoms. The van der Waals surface area contributed by atoms with Crippen LogP contribution in [-0.4, -0.2) is 31.9 Å². The Morgan fingerprint density at radius 1 is 1.15 bits per heavy atom. The number of halogens is 5. The standard InChI is InChI=1S/C10H7F5O4S/c1-20(18,19)7-4-5(2-3-6(7)8(16)17)9(11,12)10(13,14)15/h2-4H,1H3,(H,16,17). The van der Waals surface area contributed by atoms with Gasteiger partial charge in [0.05, 0.1) is 10.5 Å². The Labute approximate surface area is 109 Å². The van der Waals surface area contributed by atoms with Gasteiger partial charge in [0.2, 0.25) is 0 Å². The Bertz CT molecular complexity index is 648. The lowest BCUT2D eigenvalue weighted by Crippen LogP contribution is -2.33. The summed E-state index contributed by atoms with van der Waals surface area (Å²) >= 11 is 0. The maximum atomic E-state index is 13.1. The number of rotatable bonds is 3. The number of aromatic carboxylic acids is 1. The lowest BCUT2D eigenvalue weighted by molar-refractivity contribution is -0.289. The third-order valence-corrected chi connectivity index (χ3v) is 3.47. The summed E-state index contributed by atoms with van der Waals surface area (Å²) in [5.74, 6) is -7.05. The van der Waals surface area contributed by atoms with Gasteiger partial charge < -0.3 is 5.11 Å². The first-order valence-corrected chi connectivity index (χ1v) is 6.70. The molecule has 0 aliphatic carbocycles. The molecule has 0 fully saturated rings. The second kappa shape index (κ2) is 4.69. The third kappa shape index (κ3) is 2.89. The van der Waals surface area contributed by atoms with Crippen molar-refractivity contribution in [1.82, 2.24) is 0 Å². The molecule has 0 heterocycles. The Kier molecular flexibility index (Phi) is 3.83. The average Bonchev–Trinajstić information content (AvgIpc) is 2.25. The summed E-state index contributed by atoms with van der Waals surface area (Å²) in [5.41, 5.74) is -2.52. The van der Waals surface area contributed by atoms with Crippen LogP contribution < -0.4 is 0 Å². The number of carboxylic acids is 1. The molecule has 0 amide bonds. The van der Waals surface area contributed by atoms with Gasteiger partial charge in [-0.05, 0) is 12.1 Å². The summed E-state index contributed by atoms with van der Waals surface area (Å²) in [5, 5.41) is 8.71. The minimum Gasteiger partial charge on any atom is -0.478 e. The van der Waals surface area contributed by atoms with Gasteiger partial charge in [0, 0.05) is 11.8 Å². The van der Waals surface area contributed by atoms with Crippen LogP contribution in [0.4, 0.5) is 22.0 Å². The Morgan fingerprint density at radius 2 is 1.65 bits per heavy atom. The fourth-order valence-electron chi connectivity index (χ4n) is 1.36. The average molecular weight is 318 g/mol. The molecule has 1 N–H and O–H groups in total. The fourth-order valence-corrected chi connectivity index (χ4v) is 2.26. The molecule has 0 bridgehead atoms. The van der Waals surface area contributed by atoms with Crippen LogP contribution in [-0.2, 0) is 15.8 Å². The molecule has 0 saturated carbocycles. The van der Waals surface area contributed by atoms with Gasteiger partial charge in [-0.25, -0.2) is 13.2 Å². The molecule has 0 unspecified atom stereocenters. The van der Waals surface area contributed by atoms with E-state index in [1.54, 1.807) is 0 Å². The molecule has 0 atom stereocenters. The van der Waals surface area contributed by atoms with Crippen LogP contribution in [0.15, 0.2) is 23.1 Å². The van der Waals surface area contributed by atoms with Crippen LogP contribution in [0.25, 0.3) is 0 Å². The highest BCUT2D eigenvalue weighted by molar-refractivity contribution is 7.90. The van der Waals surface area contributed by atoms with E-state index in [-0.39, 0.29) is 12.1 Å². The Morgan fingerprint density at radius 3 is 2.00 bits per heavy atom. The minimum absolute atomic E-state index is 0.0201. The monoisotopic (exact) mass is 318 g/mol. The van der Waals surface area contributed by atoms with Crippen LogP contribution in [0.5, 0.6) is 0 Å². The highest BCUT2D eigenvalue weighted by atomic mass is 32.2. The van der Waals surface area contributed by atoms with Gasteiger partial charge in [-0.15, -0.1) is 0 Å². The highest BCUT2D eigenvalue weighted by Gasteiger charge is 2.58. The van der Waals surface area contributed by atoms with Crippen LogP contribution in [0.1, 0.15) is 15.9 Å². The molecule has 0 aromatic heterocycles. The van der Waals surface area contributed by atoms with Crippen LogP contribution in [0, 0.1) is 0 Å². The number of benzene rings is 1. The SMILES string of the molecule is CS(=O)(=O)c1cc(C(F)(F)C(F)(F)F)ccc1C(=O)O. The van der Waals surface area contributed by atoms with Crippen molar-refractivity contribution >= 4 is 15.8 Å². The minimum atomic E-state index is -5.92. The molecule has 0 aliphatic rings. The van der Waals surface area contributed by atoms with E-state index in [4.69, 9.17) is 5.11 Å². The summed E-state index contributed by atoms with van der Waals surface area (Å²) < 4.78 is 85.4. The van der Waals surface area contributed by atoms with Crippen molar-refractivity contribution in [2.75, 3.05) is 6.26 Å². The molecule has 4 nitrogen and oxygen atoms in total.